The average molecular weight is 246 g/mol. The molecule has 0 aliphatic rings. The van der Waals surface area contributed by atoms with Gasteiger partial charge in [-0.25, -0.2) is 0 Å². The van der Waals surface area contributed by atoms with Crippen LogP contribution in [-0.2, 0) is 7.05 Å². The van der Waals surface area contributed by atoms with Crippen molar-refractivity contribution < 1.29 is 0 Å². The Morgan fingerprint density at radius 1 is 1.50 bits per heavy atom. The largest absolute Gasteiger partial charge is 0.268 e. The average Bonchev–Trinajstić information content (AvgIpc) is 2.35. The lowest BCUT2D eigenvalue weighted by Gasteiger charge is -1.97. The van der Waals surface area contributed by atoms with Crippen LogP contribution in [0.5, 0.6) is 0 Å². The Balaban J connectivity index is 2.87. The second-order valence-electron chi connectivity index (χ2n) is 2.59. The van der Waals surface area contributed by atoms with Gasteiger partial charge in [-0.2, -0.15) is 5.10 Å². The molecule has 1 aromatic heterocycles. The monoisotopic (exact) mass is 244 g/mol. The van der Waals surface area contributed by atoms with Crippen LogP contribution in [0.15, 0.2) is 22.8 Å². The molecule has 0 amide bonds. The molecule has 62 valence electrons. The molecule has 2 nitrogen and oxygen atoms in total. The third-order valence-corrected chi connectivity index (χ3v) is 2.99. The molecule has 0 saturated heterocycles. The van der Waals surface area contributed by atoms with Crippen molar-refractivity contribution in [1.82, 2.24) is 9.78 Å². The Hall–Kier alpha value is -0.540. The number of benzene rings is 1. The molecule has 12 heavy (non-hydrogen) atoms. The molecule has 0 radical (unpaired) electrons. The summed E-state index contributed by atoms with van der Waals surface area (Å²) in [6, 6.07) is 3.86. The summed E-state index contributed by atoms with van der Waals surface area (Å²) >= 11 is 9.28. The van der Waals surface area contributed by atoms with E-state index in [-0.39, 0.29) is 0 Å². The van der Waals surface area contributed by atoms with Crippen LogP contribution in [0.1, 0.15) is 0 Å². The van der Waals surface area contributed by atoms with Crippen LogP contribution in [0.25, 0.3) is 10.9 Å². The van der Waals surface area contributed by atoms with Gasteiger partial charge >= 0.3 is 0 Å². The van der Waals surface area contributed by atoms with E-state index in [2.05, 4.69) is 21.0 Å². The quantitative estimate of drug-likeness (QED) is 0.698. The van der Waals surface area contributed by atoms with Crippen LogP contribution in [0, 0.1) is 0 Å². The molecule has 0 N–H and O–H groups in total. The van der Waals surface area contributed by atoms with E-state index >= 15 is 0 Å². The first kappa shape index (κ1) is 8.08. The topological polar surface area (TPSA) is 17.8 Å². The maximum Gasteiger partial charge on any atom is 0.0691 e. The highest BCUT2D eigenvalue weighted by Gasteiger charge is 2.03. The lowest BCUT2D eigenvalue weighted by atomic mass is 10.2. The second kappa shape index (κ2) is 2.75. The van der Waals surface area contributed by atoms with E-state index in [0.29, 0.717) is 0 Å². The van der Waals surface area contributed by atoms with Crippen LogP contribution < -0.4 is 0 Å². The van der Waals surface area contributed by atoms with Crippen molar-refractivity contribution in [2.24, 2.45) is 7.05 Å². The maximum atomic E-state index is 5.91. The third-order valence-electron chi connectivity index (χ3n) is 1.79. The fourth-order valence-electron chi connectivity index (χ4n) is 1.15. The number of aryl methyl sites for hydroxylation is 1. The van der Waals surface area contributed by atoms with Gasteiger partial charge in [0.15, 0.2) is 0 Å². The van der Waals surface area contributed by atoms with Gasteiger partial charge in [-0.1, -0.05) is 11.6 Å². The van der Waals surface area contributed by atoms with Crippen LogP contribution >= 0.6 is 27.5 Å². The summed E-state index contributed by atoms with van der Waals surface area (Å²) < 4.78 is 2.72. The summed E-state index contributed by atoms with van der Waals surface area (Å²) in [5, 5.41) is 5.89. The molecule has 2 rings (SSSR count). The van der Waals surface area contributed by atoms with Gasteiger partial charge in [-0.3, -0.25) is 4.68 Å². The Morgan fingerprint density at radius 3 is 3.00 bits per heavy atom. The lowest BCUT2D eigenvalue weighted by Crippen LogP contribution is -1.88. The predicted octanol–water partition coefficient (Wildman–Crippen LogP) is 2.99. The van der Waals surface area contributed by atoms with Gasteiger partial charge in [0.2, 0.25) is 0 Å². The van der Waals surface area contributed by atoms with Crippen molar-refractivity contribution in [3.05, 3.63) is 27.8 Å². The van der Waals surface area contributed by atoms with Gasteiger partial charge in [-0.05, 0) is 28.1 Å². The molecule has 0 aliphatic carbocycles. The maximum absolute atomic E-state index is 5.91. The summed E-state index contributed by atoms with van der Waals surface area (Å²) in [6.07, 6.45) is 1.80. The zero-order chi connectivity index (χ0) is 8.72. The number of rotatable bonds is 0. The zero-order valence-corrected chi connectivity index (χ0v) is 8.72. The van der Waals surface area contributed by atoms with Crippen LogP contribution in [0.2, 0.25) is 5.02 Å². The first-order chi connectivity index (χ1) is 5.68. The molecular weight excluding hydrogens is 239 g/mol. The zero-order valence-electron chi connectivity index (χ0n) is 6.38. The van der Waals surface area contributed by atoms with Gasteiger partial charge in [0.1, 0.15) is 0 Å². The van der Waals surface area contributed by atoms with Crippen molar-refractivity contribution in [3.8, 4) is 0 Å². The van der Waals surface area contributed by atoms with E-state index in [1.54, 1.807) is 6.20 Å². The Bertz CT molecular complexity index is 436. The van der Waals surface area contributed by atoms with Crippen LogP contribution in [0.4, 0.5) is 0 Å². The number of fused-ring (bicyclic) bond motifs is 1. The molecule has 0 saturated carbocycles. The van der Waals surface area contributed by atoms with Gasteiger partial charge < -0.3 is 0 Å². The number of hydrogen-bond donors (Lipinski definition) is 0. The van der Waals surface area contributed by atoms with Crippen molar-refractivity contribution in [2.75, 3.05) is 0 Å². The van der Waals surface area contributed by atoms with Gasteiger partial charge in [0.25, 0.3) is 0 Å². The Labute approximate surface area is 83.3 Å². The molecule has 0 atom stereocenters. The number of hydrogen-bond acceptors (Lipinski definition) is 1. The fraction of sp³-hybridized carbons (Fsp3) is 0.125. The van der Waals surface area contributed by atoms with E-state index in [0.717, 1.165) is 20.4 Å². The minimum atomic E-state index is 0.718. The number of halogens is 2. The van der Waals surface area contributed by atoms with Gasteiger partial charge in [0.05, 0.1) is 16.7 Å². The molecule has 0 spiro atoms. The molecule has 0 fully saturated rings. The molecule has 1 heterocycles. The molecular formula is C8H6BrClN2. The molecule has 2 aromatic rings. The van der Waals surface area contributed by atoms with Crippen molar-refractivity contribution >= 4 is 38.4 Å². The number of nitrogens with zero attached hydrogens (tertiary/aromatic N) is 2. The Kier molecular flexibility index (Phi) is 1.85. The third kappa shape index (κ3) is 1.13. The Morgan fingerprint density at radius 2 is 2.25 bits per heavy atom. The van der Waals surface area contributed by atoms with Crippen molar-refractivity contribution in [3.63, 3.8) is 0 Å². The summed E-state index contributed by atoms with van der Waals surface area (Å²) in [7, 11) is 1.91. The number of aromatic nitrogens is 2. The molecule has 0 bridgehead atoms. The van der Waals surface area contributed by atoms with E-state index < -0.39 is 0 Å². The standard InChI is InChI=1S/C8H6BrClN2/c1-12-8-3-6(9)7(10)2-5(8)4-11-12/h2-4H,1H3. The SMILES string of the molecule is Cn1ncc2cc(Cl)c(Br)cc21. The van der Waals surface area contributed by atoms with Crippen LogP contribution in [-0.4, -0.2) is 9.78 Å². The summed E-state index contributed by atoms with van der Waals surface area (Å²) in [5.74, 6) is 0. The lowest BCUT2D eigenvalue weighted by molar-refractivity contribution is 0.797. The highest BCUT2D eigenvalue weighted by molar-refractivity contribution is 9.10. The molecule has 1 aromatic carbocycles. The van der Waals surface area contributed by atoms with E-state index in [9.17, 15) is 0 Å². The van der Waals surface area contributed by atoms with Gasteiger partial charge in [-0.15, -0.1) is 0 Å². The normalized spacial score (nSPS) is 10.9. The highest BCUT2D eigenvalue weighted by Crippen LogP contribution is 2.27. The molecule has 0 aliphatic heterocycles. The van der Waals surface area contributed by atoms with E-state index in [1.807, 2.05) is 23.9 Å². The minimum Gasteiger partial charge on any atom is -0.268 e. The second-order valence-corrected chi connectivity index (χ2v) is 3.85. The first-order valence-corrected chi connectivity index (χ1v) is 4.62. The first-order valence-electron chi connectivity index (χ1n) is 3.45. The van der Waals surface area contributed by atoms with Crippen LogP contribution in [0.3, 0.4) is 0 Å². The van der Waals surface area contributed by atoms with E-state index in [1.165, 1.54) is 0 Å². The minimum absolute atomic E-state index is 0.718. The summed E-state index contributed by atoms with van der Waals surface area (Å²) in [6.45, 7) is 0. The van der Waals surface area contributed by atoms with Crippen molar-refractivity contribution in [1.29, 1.82) is 0 Å². The smallest absolute Gasteiger partial charge is 0.0691 e. The predicted molar refractivity (Wildman–Crippen MR) is 53.4 cm³/mol. The summed E-state index contributed by atoms with van der Waals surface area (Å²) in [4.78, 5) is 0. The fourth-order valence-corrected chi connectivity index (χ4v) is 1.65. The highest BCUT2D eigenvalue weighted by atomic mass is 79.9. The van der Waals surface area contributed by atoms with Gasteiger partial charge in [0, 0.05) is 16.9 Å². The molecule has 4 heteroatoms. The van der Waals surface area contributed by atoms with Crippen molar-refractivity contribution in [2.45, 2.75) is 0 Å². The summed E-state index contributed by atoms with van der Waals surface area (Å²) in [5.41, 5.74) is 1.08. The van der Waals surface area contributed by atoms with E-state index in [4.69, 9.17) is 11.6 Å². The molecule has 0 unspecified atom stereocenters.